The van der Waals surface area contributed by atoms with Gasteiger partial charge in [0.1, 0.15) is 5.75 Å². The minimum Gasteiger partial charge on any atom is -0.497 e. The normalized spacial score (nSPS) is 9.73. The zero-order valence-electron chi connectivity index (χ0n) is 8.51. The molecule has 0 spiro atoms. The average molecular weight is 210 g/mol. The number of benzene rings is 1. The summed E-state index contributed by atoms with van der Waals surface area (Å²) in [5.41, 5.74) is 5.79. The first-order valence-electron chi connectivity index (χ1n) is 4.51. The van der Waals surface area contributed by atoms with E-state index in [0.717, 1.165) is 0 Å². The Morgan fingerprint density at radius 3 is 2.87 bits per heavy atom. The summed E-state index contributed by atoms with van der Waals surface area (Å²) in [5, 5.41) is 8.79. The number of hydrogen-bond acceptors (Lipinski definition) is 3. The van der Waals surface area contributed by atoms with Gasteiger partial charge in [-0.05, 0) is 12.1 Å². The van der Waals surface area contributed by atoms with Crippen LogP contribution >= 0.6 is 0 Å². The van der Waals surface area contributed by atoms with Crippen LogP contribution in [0, 0.1) is 0 Å². The lowest BCUT2D eigenvalue weighted by atomic mass is 10.2. The molecule has 0 aromatic heterocycles. The van der Waals surface area contributed by atoms with Gasteiger partial charge in [0.15, 0.2) is 0 Å². The molecule has 3 N–H and O–H groups in total. The molecule has 1 rings (SSSR count). The Hall–Kier alpha value is -1.75. The van der Waals surface area contributed by atoms with Crippen molar-refractivity contribution in [2.24, 2.45) is 5.73 Å². The van der Waals surface area contributed by atoms with Crippen LogP contribution < -0.4 is 15.4 Å². The van der Waals surface area contributed by atoms with Crippen molar-refractivity contribution in [3.05, 3.63) is 24.3 Å². The van der Waals surface area contributed by atoms with Gasteiger partial charge in [-0.25, -0.2) is 4.79 Å². The lowest BCUT2D eigenvalue weighted by Crippen LogP contribution is -2.37. The molecule has 0 aliphatic rings. The number of nitrogens with two attached hydrogens (primary N) is 1. The van der Waals surface area contributed by atoms with Crippen molar-refractivity contribution in [2.75, 3.05) is 25.2 Å². The Balaban J connectivity index is 2.94. The Bertz CT molecular complexity index is 341. The standard InChI is InChI=1S/C10H14N2O3/c1-15-9-4-2-3-8(7-9)12(5-6-13)10(11)14/h2-4,7,13H,5-6H2,1H3,(H2,11,14). The third-order valence-electron chi connectivity index (χ3n) is 1.95. The van der Waals surface area contributed by atoms with Crippen LogP contribution in [0.5, 0.6) is 5.75 Å². The van der Waals surface area contributed by atoms with Gasteiger partial charge in [0.05, 0.1) is 20.3 Å². The van der Waals surface area contributed by atoms with Crippen LogP contribution in [0.15, 0.2) is 24.3 Å². The van der Waals surface area contributed by atoms with Crippen molar-refractivity contribution in [1.29, 1.82) is 0 Å². The van der Waals surface area contributed by atoms with Crippen LogP contribution in [0.25, 0.3) is 0 Å². The van der Waals surface area contributed by atoms with E-state index in [-0.39, 0.29) is 13.2 Å². The van der Waals surface area contributed by atoms with Gasteiger partial charge in [0.25, 0.3) is 0 Å². The summed E-state index contributed by atoms with van der Waals surface area (Å²) in [6.07, 6.45) is 0. The summed E-state index contributed by atoms with van der Waals surface area (Å²) in [6.45, 7) is 0.0304. The number of nitrogens with zero attached hydrogens (tertiary/aromatic N) is 1. The predicted molar refractivity (Wildman–Crippen MR) is 57.0 cm³/mol. The second-order valence-corrected chi connectivity index (χ2v) is 2.91. The monoisotopic (exact) mass is 210 g/mol. The van der Waals surface area contributed by atoms with Crippen LogP contribution in [0.4, 0.5) is 10.5 Å². The van der Waals surface area contributed by atoms with Crippen molar-refractivity contribution in [2.45, 2.75) is 0 Å². The Kier molecular flexibility index (Phi) is 3.93. The SMILES string of the molecule is COc1cccc(N(CCO)C(N)=O)c1. The number of urea groups is 1. The molecule has 0 unspecified atom stereocenters. The van der Waals surface area contributed by atoms with E-state index in [4.69, 9.17) is 15.6 Å². The summed E-state index contributed by atoms with van der Waals surface area (Å²) in [6, 6.07) is 6.32. The predicted octanol–water partition coefficient (Wildman–Crippen LogP) is 0.573. The topological polar surface area (TPSA) is 75.8 Å². The summed E-state index contributed by atoms with van der Waals surface area (Å²) >= 11 is 0. The highest BCUT2D eigenvalue weighted by Crippen LogP contribution is 2.20. The molecule has 0 bridgehead atoms. The van der Waals surface area contributed by atoms with Crippen molar-refractivity contribution in [3.8, 4) is 5.75 Å². The molecule has 5 nitrogen and oxygen atoms in total. The van der Waals surface area contributed by atoms with Gasteiger partial charge in [-0.1, -0.05) is 6.07 Å². The number of anilines is 1. The van der Waals surface area contributed by atoms with E-state index in [1.165, 1.54) is 4.90 Å². The molecule has 1 aromatic rings. The van der Waals surface area contributed by atoms with E-state index in [1.54, 1.807) is 31.4 Å². The quantitative estimate of drug-likeness (QED) is 0.763. The fraction of sp³-hybridized carbons (Fsp3) is 0.300. The molecular formula is C10H14N2O3. The molecule has 0 atom stereocenters. The summed E-state index contributed by atoms with van der Waals surface area (Å²) in [4.78, 5) is 12.4. The van der Waals surface area contributed by atoms with Gasteiger partial charge >= 0.3 is 6.03 Å². The van der Waals surface area contributed by atoms with Gasteiger partial charge in [0.2, 0.25) is 0 Å². The first-order valence-corrected chi connectivity index (χ1v) is 4.51. The molecule has 0 saturated heterocycles. The largest absolute Gasteiger partial charge is 0.497 e. The molecule has 15 heavy (non-hydrogen) atoms. The Morgan fingerprint density at radius 1 is 1.60 bits per heavy atom. The minimum absolute atomic E-state index is 0.139. The smallest absolute Gasteiger partial charge is 0.319 e. The fourth-order valence-corrected chi connectivity index (χ4v) is 1.24. The highest BCUT2D eigenvalue weighted by molar-refractivity contribution is 5.90. The highest BCUT2D eigenvalue weighted by Gasteiger charge is 2.11. The first kappa shape index (κ1) is 11.3. The van der Waals surface area contributed by atoms with Crippen LogP contribution in [-0.4, -0.2) is 31.4 Å². The second-order valence-electron chi connectivity index (χ2n) is 2.91. The van der Waals surface area contributed by atoms with Gasteiger partial charge < -0.3 is 15.6 Å². The third-order valence-corrected chi connectivity index (χ3v) is 1.95. The molecule has 0 saturated carbocycles. The molecule has 0 radical (unpaired) electrons. The van der Waals surface area contributed by atoms with Crippen LogP contribution in [0.2, 0.25) is 0 Å². The number of ether oxygens (including phenoxy) is 1. The van der Waals surface area contributed by atoms with Gasteiger partial charge in [-0.2, -0.15) is 0 Å². The Morgan fingerprint density at radius 2 is 2.33 bits per heavy atom. The molecule has 0 fully saturated rings. The van der Waals surface area contributed by atoms with Crippen LogP contribution in [-0.2, 0) is 0 Å². The molecule has 0 heterocycles. The zero-order valence-corrected chi connectivity index (χ0v) is 8.51. The maximum absolute atomic E-state index is 11.1. The fourth-order valence-electron chi connectivity index (χ4n) is 1.24. The van der Waals surface area contributed by atoms with E-state index >= 15 is 0 Å². The number of carbonyl (C=O) groups is 1. The van der Waals surface area contributed by atoms with E-state index < -0.39 is 6.03 Å². The van der Waals surface area contributed by atoms with Crippen molar-refractivity contribution < 1.29 is 14.6 Å². The van der Waals surface area contributed by atoms with Crippen molar-refractivity contribution in [1.82, 2.24) is 0 Å². The molecule has 82 valence electrons. The number of aliphatic hydroxyl groups is 1. The zero-order chi connectivity index (χ0) is 11.3. The van der Waals surface area contributed by atoms with E-state index in [2.05, 4.69) is 0 Å². The maximum Gasteiger partial charge on any atom is 0.319 e. The third kappa shape index (κ3) is 2.85. The van der Waals surface area contributed by atoms with E-state index in [1.807, 2.05) is 0 Å². The summed E-state index contributed by atoms with van der Waals surface area (Å²) < 4.78 is 5.02. The lowest BCUT2D eigenvalue weighted by molar-refractivity contribution is 0.249. The molecular weight excluding hydrogens is 196 g/mol. The first-order chi connectivity index (χ1) is 7.19. The number of hydrogen-bond donors (Lipinski definition) is 2. The minimum atomic E-state index is -0.600. The molecule has 5 heteroatoms. The molecule has 2 amide bonds. The number of rotatable bonds is 4. The van der Waals surface area contributed by atoms with Crippen LogP contribution in [0.3, 0.4) is 0 Å². The Labute approximate surface area is 88.1 Å². The van der Waals surface area contributed by atoms with E-state index in [9.17, 15) is 4.79 Å². The van der Waals surface area contributed by atoms with Crippen LogP contribution in [0.1, 0.15) is 0 Å². The molecule has 0 aliphatic heterocycles. The number of aliphatic hydroxyl groups excluding tert-OH is 1. The summed E-state index contributed by atoms with van der Waals surface area (Å²) in [5.74, 6) is 0.636. The van der Waals surface area contributed by atoms with Gasteiger partial charge in [0, 0.05) is 11.8 Å². The summed E-state index contributed by atoms with van der Waals surface area (Å²) in [7, 11) is 1.54. The number of amides is 2. The molecule has 1 aromatic carbocycles. The number of methoxy groups -OCH3 is 1. The maximum atomic E-state index is 11.1. The number of carbonyl (C=O) groups excluding carboxylic acids is 1. The van der Waals surface area contributed by atoms with Crippen molar-refractivity contribution >= 4 is 11.7 Å². The lowest BCUT2D eigenvalue weighted by Gasteiger charge is -2.19. The van der Waals surface area contributed by atoms with Gasteiger partial charge in [-0.3, -0.25) is 4.90 Å². The highest BCUT2D eigenvalue weighted by atomic mass is 16.5. The van der Waals surface area contributed by atoms with Gasteiger partial charge in [-0.15, -0.1) is 0 Å². The number of primary amides is 1. The molecule has 0 aliphatic carbocycles. The van der Waals surface area contributed by atoms with Crippen molar-refractivity contribution in [3.63, 3.8) is 0 Å². The second kappa shape index (κ2) is 5.21. The van der Waals surface area contributed by atoms with E-state index in [0.29, 0.717) is 11.4 Å². The average Bonchev–Trinajstić information content (AvgIpc) is 2.25.